The number of rotatable bonds is 5. The number of carboxylic acid groups (broad SMARTS) is 1. The highest BCUT2D eigenvalue weighted by molar-refractivity contribution is 5.70. The lowest BCUT2D eigenvalue weighted by Crippen LogP contribution is -2.41. The molecule has 4 nitrogen and oxygen atoms in total. The summed E-state index contributed by atoms with van der Waals surface area (Å²) >= 11 is 0. The molecule has 1 aliphatic heterocycles. The van der Waals surface area contributed by atoms with Gasteiger partial charge in [-0.25, -0.2) is 4.39 Å². The van der Waals surface area contributed by atoms with Gasteiger partial charge in [0, 0.05) is 26.3 Å². The number of piperidine rings is 1. The van der Waals surface area contributed by atoms with Gasteiger partial charge in [0.05, 0.1) is 12.0 Å². The summed E-state index contributed by atoms with van der Waals surface area (Å²) in [6.07, 6.45) is 1.56. The van der Waals surface area contributed by atoms with Crippen molar-refractivity contribution >= 4 is 11.7 Å². The molecule has 1 N–H and O–H groups in total. The first kappa shape index (κ1) is 18.4. The van der Waals surface area contributed by atoms with Crippen LogP contribution in [0.4, 0.5) is 10.1 Å². The van der Waals surface area contributed by atoms with Gasteiger partial charge in [0.15, 0.2) is 0 Å². The van der Waals surface area contributed by atoms with Gasteiger partial charge in [0.2, 0.25) is 0 Å². The maximum atomic E-state index is 13.4. The van der Waals surface area contributed by atoms with Crippen molar-refractivity contribution in [3.63, 3.8) is 0 Å². The Labute approximate surface area is 153 Å². The normalized spacial score (nSPS) is 19.1. The van der Waals surface area contributed by atoms with Crippen molar-refractivity contribution in [2.45, 2.75) is 18.9 Å². The minimum absolute atomic E-state index is 0.0750. The Morgan fingerprint density at radius 3 is 2.23 bits per heavy atom. The van der Waals surface area contributed by atoms with Gasteiger partial charge in [0.1, 0.15) is 5.82 Å². The molecule has 2 unspecified atom stereocenters. The molecule has 1 aliphatic rings. The van der Waals surface area contributed by atoms with Crippen LogP contribution >= 0.6 is 0 Å². The monoisotopic (exact) mass is 356 g/mol. The van der Waals surface area contributed by atoms with E-state index in [0.717, 1.165) is 29.8 Å². The van der Waals surface area contributed by atoms with Crippen LogP contribution in [0.5, 0.6) is 0 Å². The Kier molecular flexibility index (Phi) is 5.57. The number of halogens is 1. The molecule has 0 bridgehead atoms. The molecule has 0 radical (unpaired) electrons. The third kappa shape index (κ3) is 4.05. The third-order valence-corrected chi connectivity index (χ3v) is 5.08. The fourth-order valence-electron chi connectivity index (χ4n) is 3.66. The zero-order valence-electron chi connectivity index (χ0n) is 15.2. The first-order valence-corrected chi connectivity index (χ1v) is 8.95. The summed E-state index contributed by atoms with van der Waals surface area (Å²) in [5, 5.41) is 9.43. The highest BCUT2D eigenvalue weighted by Crippen LogP contribution is 2.33. The molecule has 138 valence electrons. The van der Waals surface area contributed by atoms with Gasteiger partial charge >= 0.3 is 5.97 Å². The molecule has 0 aromatic heterocycles. The van der Waals surface area contributed by atoms with Crippen molar-refractivity contribution in [1.82, 2.24) is 4.90 Å². The lowest BCUT2D eigenvalue weighted by molar-refractivity contribution is -0.143. The van der Waals surface area contributed by atoms with Gasteiger partial charge < -0.3 is 10.0 Å². The number of carbonyl (C=O) groups is 1. The topological polar surface area (TPSA) is 43.8 Å². The average Bonchev–Trinajstić information content (AvgIpc) is 2.64. The van der Waals surface area contributed by atoms with E-state index in [4.69, 9.17) is 0 Å². The standard InChI is InChI=1S/C21H25FN2O2/c1-23(2)19-11-7-16(8-12-19)20(15-5-9-18(22)10-6-15)24-13-3-4-17(14-24)21(25)26/h5-12,17,20H,3-4,13-14H2,1-2H3,(H,25,26). The first-order valence-electron chi connectivity index (χ1n) is 8.95. The molecule has 2 aromatic carbocycles. The van der Waals surface area contributed by atoms with Crippen LogP contribution in [-0.2, 0) is 4.79 Å². The van der Waals surface area contributed by atoms with Crippen LogP contribution < -0.4 is 4.90 Å². The highest BCUT2D eigenvalue weighted by atomic mass is 19.1. The molecule has 0 aliphatic carbocycles. The van der Waals surface area contributed by atoms with E-state index in [2.05, 4.69) is 29.2 Å². The maximum Gasteiger partial charge on any atom is 0.307 e. The predicted molar refractivity (Wildman–Crippen MR) is 101 cm³/mol. The van der Waals surface area contributed by atoms with Crippen molar-refractivity contribution in [2.75, 3.05) is 32.1 Å². The summed E-state index contributed by atoms with van der Waals surface area (Å²) in [7, 11) is 3.99. The van der Waals surface area contributed by atoms with Crippen LogP contribution in [0.25, 0.3) is 0 Å². The van der Waals surface area contributed by atoms with Gasteiger partial charge in [-0.2, -0.15) is 0 Å². The molecule has 1 heterocycles. The Balaban J connectivity index is 1.96. The Bertz CT molecular complexity index is 744. The Morgan fingerprint density at radius 1 is 1.12 bits per heavy atom. The lowest BCUT2D eigenvalue weighted by atomic mass is 9.91. The van der Waals surface area contributed by atoms with E-state index in [1.165, 1.54) is 12.1 Å². The van der Waals surface area contributed by atoms with E-state index in [1.807, 2.05) is 19.0 Å². The maximum absolute atomic E-state index is 13.4. The smallest absolute Gasteiger partial charge is 0.307 e. The van der Waals surface area contributed by atoms with Crippen molar-refractivity contribution in [2.24, 2.45) is 5.92 Å². The highest BCUT2D eigenvalue weighted by Gasteiger charge is 2.31. The molecule has 1 fully saturated rings. The van der Waals surface area contributed by atoms with Crippen LogP contribution in [0.3, 0.4) is 0 Å². The van der Waals surface area contributed by atoms with Gasteiger partial charge in [-0.05, 0) is 54.8 Å². The molecule has 5 heteroatoms. The van der Waals surface area contributed by atoms with E-state index >= 15 is 0 Å². The zero-order valence-corrected chi connectivity index (χ0v) is 15.2. The van der Waals surface area contributed by atoms with E-state index in [9.17, 15) is 14.3 Å². The molecule has 2 aromatic rings. The first-order chi connectivity index (χ1) is 12.5. The average molecular weight is 356 g/mol. The molecule has 0 amide bonds. The largest absolute Gasteiger partial charge is 0.481 e. The van der Waals surface area contributed by atoms with E-state index < -0.39 is 5.97 Å². The number of hydrogen-bond donors (Lipinski definition) is 1. The summed E-state index contributed by atoms with van der Waals surface area (Å²) in [6.45, 7) is 1.34. The summed E-state index contributed by atoms with van der Waals surface area (Å²) in [5.74, 6) is -1.36. The Morgan fingerprint density at radius 2 is 1.69 bits per heavy atom. The van der Waals surface area contributed by atoms with Crippen LogP contribution in [0.15, 0.2) is 48.5 Å². The number of anilines is 1. The van der Waals surface area contributed by atoms with Gasteiger partial charge in [-0.3, -0.25) is 9.69 Å². The van der Waals surface area contributed by atoms with Crippen LogP contribution in [0.2, 0.25) is 0 Å². The molecule has 3 rings (SSSR count). The van der Waals surface area contributed by atoms with Gasteiger partial charge in [-0.1, -0.05) is 24.3 Å². The second kappa shape index (κ2) is 7.87. The van der Waals surface area contributed by atoms with Crippen LogP contribution in [0, 0.1) is 11.7 Å². The predicted octanol–water partition coefficient (Wildman–Crippen LogP) is 3.78. The quantitative estimate of drug-likeness (QED) is 0.885. The zero-order chi connectivity index (χ0) is 18.7. The van der Waals surface area contributed by atoms with E-state index in [-0.39, 0.29) is 17.8 Å². The third-order valence-electron chi connectivity index (χ3n) is 5.08. The molecule has 2 atom stereocenters. The number of benzene rings is 2. The van der Waals surface area contributed by atoms with Gasteiger partial charge in [-0.15, -0.1) is 0 Å². The van der Waals surface area contributed by atoms with Crippen molar-refractivity contribution in [3.05, 3.63) is 65.5 Å². The molecular weight excluding hydrogens is 331 g/mol. The minimum Gasteiger partial charge on any atom is -0.481 e. The fourth-order valence-corrected chi connectivity index (χ4v) is 3.66. The molecular formula is C21H25FN2O2. The van der Waals surface area contributed by atoms with E-state index in [1.54, 1.807) is 12.1 Å². The van der Waals surface area contributed by atoms with Crippen molar-refractivity contribution in [3.8, 4) is 0 Å². The Hall–Kier alpha value is -2.40. The molecule has 0 saturated carbocycles. The summed E-state index contributed by atoms with van der Waals surface area (Å²) < 4.78 is 13.4. The second-order valence-corrected chi connectivity index (χ2v) is 7.11. The molecule has 0 spiro atoms. The summed E-state index contributed by atoms with van der Waals surface area (Å²) in [4.78, 5) is 15.7. The minimum atomic E-state index is -0.740. The van der Waals surface area contributed by atoms with Crippen LogP contribution in [-0.4, -0.2) is 43.2 Å². The second-order valence-electron chi connectivity index (χ2n) is 7.11. The number of likely N-dealkylation sites (tertiary alicyclic amines) is 1. The number of carboxylic acids is 1. The lowest BCUT2D eigenvalue weighted by Gasteiger charge is -2.37. The number of nitrogens with zero attached hydrogens (tertiary/aromatic N) is 2. The number of aliphatic carboxylic acids is 1. The summed E-state index contributed by atoms with van der Waals surface area (Å²) in [6, 6.07) is 14.7. The van der Waals surface area contributed by atoms with Crippen LogP contribution in [0.1, 0.15) is 30.0 Å². The molecule has 26 heavy (non-hydrogen) atoms. The molecule has 1 saturated heterocycles. The SMILES string of the molecule is CN(C)c1ccc(C(c2ccc(F)cc2)N2CCCC(C(=O)O)C2)cc1. The van der Waals surface area contributed by atoms with Crippen molar-refractivity contribution < 1.29 is 14.3 Å². The van der Waals surface area contributed by atoms with E-state index in [0.29, 0.717) is 13.0 Å². The number of hydrogen-bond acceptors (Lipinski definition) is 3. The van der Waals surface area contributed by atoms with Crippen molar-refractivity contribution in [1.29, 1.82) is 0 Å². The fraction of sp³-hybridized carbons (Fsp3) is 0.381. The van der Waals surface area contributed by atoms with Gasteiger partial charge in [0.25, 0.3) is 0 Å². The summed E-state index contributed by atoms with van der Waals surface area (Å²) in [5.41, 5.74) is 3.18.